The number of aryl methyl sites for hydroxylation is 1. The first-order valence-corrected chi connectivity index (χ1v) is 8.49. The predicted octanol–water partition coefficient (Wildman–Crippen LogP) is 3.34. The lowest BCUT2D eigenvalue weighted by molar-refractivity contribution is -0.116. The van der Waals surface area contributed by atoms with Crippen LogP contribution in [0, 0.1) is 6.92 Å². The summed E-state index contributed by atoms with van der Waals surface area (Å²) in [5.41, 5.74) is 2.76. The van der Waals surface area contributed by atoms with Gasteiger partial charge in [0.25, 0.3) is 5.91 Å². The van der Waals surface area contributed by atoms with Gasteiger partial charge in [0.05, 0.1) is 12.1 Å². The molecule has 6 nitrogen and oxygen atoms in total. The summed E-state index contributed by atoms with van der Waals surface area (Å²) in [4.78, 5) is 26.2. The Hall–Kier alpha value is -2.67. The second kappa shape index (κ2) is 7.06. The van der Waals surface area contributed by atoms with E-state index < -0.39 is 0 Å². The van der Waals surface area contributed by atoms with Crippen molar-refractivity contribution < 1.29 is 9.59 Å². The van der Waals surface area contributed by atoms with Crippen LogP contribution in [0.1, 0.15) is 16.1 Å². The molecule has 7 heteroatoms. The van der Waals surface area contributed by atoms with Crippen LogP contribution in [0.15, 0.2) is 46.9 Å². The molecule has 3 rings (SSSR count). The summed E-state index contributed by atoms with van der Waals surface area (Å²) in [6.07, 6.45) is 0. The third-order valence-electron chi connectivity index (χ3n) is 3.86. The number of carbonyl (C=O) groups excluding carboxylic acids is 2. The van der Waals surface area contributed by atoms with Crippen LogP contribution in [0.25, 0.3) is 10.9 Å². The number of aromatic amines is 1. The average Bonchev–Trinajstić information content (AvgIpc) is 3.00. The van der Waals surface area contributed by atoms with Gasteiger partial charge in [-0.25, -0.2) is 0 Å². The highest BCUT2D eigenvalue weighted by Gasteiger charge is 2.20. The Kier molecular flexibility index (Phi) is 4.85. The van der Waals surface area contributed by atoms with Gasteiger partial charge in [0, 0.05) is 22.6 Å². The Labute approximate surface area is 153 Å². The zero-order chi connectivity index (χ0) is 18.0. The van der Waals surface area contributed by atoms with Gasteiger partial charge in [-0.3, -0.25) is 14.7 Å². The first kappa shape index (κ1) is 17.2. The number of aromatic nitrogens is 2. The van der Waals surface area contributed by atoms with E-state index >= 15 is 0 Å². The second-order valence-corrected chi connectivity index (χ2v) is 6.70. The van der Waals surface area contributed by atoms with Gasteiger partial charge in [-0.15, -0.1) is 0 Å². The molecular formula is C18H17BrN4O2. The highest BCUT2D eigenvalue weighted by atomic mass is 79.9. The number of likely N-dealkylation sites (N-methyl/N-ethyl adjacent to an activating group) is 1. The number of amides is 2. The fourth-order valence-corrected chi connectivity index (χ4v) is 3.03. The molecule has 0 saturated carbocycles. The monoisotopic (exact) mass is 400 g/mol. The minimum Gasteiger partial charge on any atom is -0.331 e. The van der Waals surface area contributed by atoms with E-state index in [1.165, 1.54) is 4.90 Å². The largest absolute Gasteiger partial charge is 0.331 e. The van der Waals surface area contributed by atoms with Crippen LogP contribution < -0.4 is 5.32 Å². The van der Waals surface area contributed by atoms with E-state index in [2.05, 4.69) is 31.4 Å². The van der Waals surface area contributed by atoms with E-state index in [1.807, 2.05) is 49.4 Å². The van der Waals surface area contributed by atoms with Gasteiger partial charge < -0.3 is 10.2 Å². The lowest BCUT2D eigenvalue weighted by Crippen LogP contribution is -2.35. The van der Waals surface area contributed by atoms with Crippen molar-refractivity contribution in [3.8, 4) is 0 Å². The number of anilines is 1. The molecule has 2 amide bonds. The molecule has 0 aliphatic heterocycles. The number of H-pyrrole nitrogens is 1. The maximum absolute atomic E-state index is 12.6. The zero-order valence-corrected chi connectivity index (χ0v) is 15.4. The summed E-state index contributed by atoms with van der Waals surface area (Å²) in [7, 11) is 1.58. The highest BCUT2D eigenvalue weighted by molar-refractivity contribution is 9.10. The minimum absolute atomic E-state index is 0.0600. The topological polar surface area (TPSA) is 78.1 Å². The molecule has 128 valence electrons. The van der Waals surface area contributed by atoms with Crippen molar-refractivity contribution in [3.05, 3.63) is 58.2 Å². The molecule has 0 radical (unpaired) electrons. The molecule has 0 unspecified atom stereocenters. The Balaban J connectivity index is 1.69. The van der Waals surface area contributed by atoms with Gasteiger partial charge in [-0.05, 0) is 36.8 Å². The molecule has 1 heterocycles. The van der Waals surface area contributed by atoms with Crippen LogP contribution in [-0.2, 0) is 4.79 Å². The molecular weight excluding hydrogens is 384 g/mol. The van der Waals surface area contributed by atoms with Crippen molar-refractivity contribution in [1.82, 2.24) is 15.1 Å². The summed E-state index contributed by atoms with van der Waals surface area (Å²) < 4.78 is 0.945. The van der Waals surface area contributed by atoms with Crippen molar-refractivity contribution in [1.29, 1.82) is 0 Å². The van der Waals surface area contributed by atoms with Crippen LogP contribution in [0.3, 0.4) is 0 Å². The van der Waals surface area contributed by atoms with Crippen molar-refractivity contribution in [3.63, 3.8) is 0 Å². The van der Waals surface area contributed by atoms with Crippen molar-refractivity contribution in [2.45, 2.75) is 6.92 Å². The number of carbonyl (C=O) groups is 2. The maximum atomic E-state index is 12.6. The van der Waals surface area contributed by atoms with Crippen LogP contribution in [-0.4, -0.2) is 40.5 Å². The number of nitrogens with one attached hydrogen (secondary N) is 2. The Bertz CT molecular complexity index is 951. The summed E-state index contributed by atoms with van der Waals surface area (Å²) in [5, 5.41) is 10.5. The number of fused-ring (bicyclic) bond motifs is 1. The Morgan fingerprint density at radius 2 is 2.00 bits per heavy atom. The van der Waals surface area contributed by atoms with E-state index in [0.717, 1.165) is 26.6 Å². The number of benzene rings is 2. The number of nitrogens with zero attached hydrogens (tertiary/aromatic N) is 2. The third-order valence-corrected chi connectivity index (χ3v) is 4.36. The van der Waals surface area contributed by atoms with Gasteiger partial charge >= 0.3 is 0 Å². The smallest absolute Gasteiger partial charge is 0.275 e. The Morgan fingerprint density at radius 3 is 2.76 bits per heavy atom. The molecule has 1 aromatic heterocycles. The van der Waals surface area contributed by atoms with E-state index in [-0.39, 0.29) is 18.4 Å². The van der Waals surface area contributed by atoms with E-state index in [9.17, 15) is 9.59 Å². The predicted molar refractivity (Wildman–Crippen MR) is 101 cm³/mol. The minimum atomic E-state index is -0.305. The summed E-state index contributed by atoms with van der Waals surface area (Å²) in [5.74, 6) is -0.568. The van der Waals surface area contributed by atoms with Crippen molar-refractivity contribution in [2.75, 3.05) is 18.9 Å². The standard InChI is InChI=1S/C18H17BrN4O2/c1-11-9-12(19)7-8-14(11)20-16(24)10-23(2)18(25)17-13-5-3-4-6-15(13)21-22-17/h3-9H,10H2,1-2H3,(H,20,24)(H,21,22). The average molecular weight is 401 g/mol. The number of hydrogen-bond donors (Lipinski definition) is 2. The van der Waals surface area contributed by atoms with Gasteiger partial charge in [0.2, 0.25) is 5.91 Å². The lowest BCUT2D eigenvalue weighted by atomic mass is 10.2. The van der Waals surface area contributed by atoms with Crippen molar-refractivity contribution >= 4 is 44.3 Å². The maximum Gasteiger partial charge on any atom is 0.275 e. The zero-order valence-electron chi connectivity index (χ0n) is 13.8. The normalized spacial score (nSPS) is 10.7. The number of hydrogen-bond acceptors (Lipinski definition) is 3. The Morgan fingerprint density at radius 1 is 1.24 bits per heavy atom. The van der Waals surface area contributed by atoms with Gasteiger partial charge in [0.15, 0.2) is 5.69 Å². The molecule has 0 aliphatic carbocycles. The number of rotatable bonds is 4. The van der Waals surface area contributed by atoms with E-state index in [1.54, 1.807) is 7.05 Å². The van der Waals surface area contributed by atoms with Gasteiger partial charge in [-0.2, -0.15) is 5.10 Å². The SMILES string of the molecule is Cc1cc(Br)ccc1NC(=O)CN(C)C(=O)c1n[nH]c2ccccc12. The number of halogens is 1. The molecule has 2 aromatic carbocycles. The van der Waals surface area contributed by atoms with Crippen LogP contribution >= 0.6 is 15.9 Å². The molecule has 25 heavy (non-hydrogen) atoms. The molecule has 3 aromatic rings. The summed E-state index contributed by atoms with van der Waals surface area (Å²) in [6.45, 7) is 1.85. The fraction of sp³-hybridized carbons (Fsp3) is 0.167. The number of para-hydroxylation sites is 1. The first-order chi connectivity index (χ1) is 12.0. The van der Waals surface area contributed by atoms with Gasteiger partial charge in [0.1, 0.15) is 0 Å². The quantitative estimate of drug-likeness (QED) is 0.704. The molecule has 0 bridgehead atoms. The van der Waals surface area contributed by atoms with E-state index in [4.69, 9.17) is 0 Å². The first-order valence-electron chi connectivity index (χ1n) is 7.70. The molecule has 0 fully saturated rings. The summed E-state index contributed by atoms with van der Waals surface area (Å²) in [6, 6.07) is 13.0. The highest BCUT2D eigenvalue weighted by Crippen LogP contribution is 2.20. The molecule has 0 spiro atoms. The third kappa shape index (κ3) is 3.71. The van der Waals surface area contributed by atoms with Gasteiger partial charge in [-0.1, -0.05) is 34.1 Å². The second-order valence-electron chi connectivity index (χ2n) is 5.79. The molecule has 0 atom stereocenters. The van der Waals surface area contributed by atoms with Crippen LogP contribution in [0.4, 0.5) is 5.69 Å². The molecule has 2 N–H and O–H groups in total. The van der Waals surface area contributed by atoms with Crippen LogP contribution in [0.5, 0.6) is 0 Å². The lowest BCUT2D eigenvalue weighted by Gasteiger charge is -2.16. The molecule has 0 saturated heterocycles. The van der Waals surface area contributed by atoms with Crippen LogP contribution in [0.2, 0.25) is 0 Å². The van der Waals surface area contributed by atoms with Crippen molar-refractivity contribution in [2.24, 2.45) is 0 Å². The van der Waals surface area contributed by atoms with E-state index in [0.29, 0.717) is 5.69 Å². The molecule has 0 aliphatic rings. The summed E-state index contributed by atoms with van der Waals surface area (Å²) >= 11 is 3.39. The fourth-order valence-electron chi connectivity index (χ4n) is 2.55.